The lowest BCUT2D eigenvalue weighted by molar-refractivity contribution is 0.0990. The predicted molar refractivity (Wildman–Crippen MR) is 70.9 cm³/mol. The molecule has 0 aromatic carbocycles. The lowest BCUT2D eigenvalue weighted by Crippen LogP contribution is -2.48. The van der Waals surface area contributed by atoms with Crippen molar-refractivity contribution >= 4 is 11.6 Å². The number of hydrogen-bond donors (Lipinski definition) is 1. The molecule has 2 unspecified atom stereocenters. The second kappa shape index (κ2) is 5.80. The Morgan fingerprint density at radius 2 is 2.35 bits per heavy atom. The Labute approximate surface area is 108 Å². The number of nitrogens with two attached hydrogens (primary N) is 1. The summed E-state index contributed by atoms with van der Waals surface area (Å²) in [6, 6.07) is 4.39. The van der Waals surface area contributed by atoms with Gasteiger partial charge in [0.05, 0.1) is 0 Å². The summed E-state index contributed by atoms with van der Waals surface area (Å²) in [6.07, 6.45) is 4.41. The lowest BCUT2D eigenvalue weighted by Gasteiger charge is -2.39. The number of hydrogen-bond acceptors (Lipinski definition) is 3. The quantitative estimate of drug-likeness (QED) is 0.841. The Morgan fingerprint density at radius 3 is 3.00 bits per heavy atom. The summed E-state index contributed by atoms with van der Waals surface area (Å²) in [5, 5.41) is 0.552. The van der Waals surface area contributed by atoms with Crippen LogP contribution in [0.4, 0.5) is 0 Å². The van der Waals surface area contributed by atoms with Crippen LogP contribution in [-0.2, 0) is 6.54 Å². The molecule has 1 saturated heterocycles. The number of likely N-dealkylation sites (tertiary alicyclic amines) is 1. The summed E-state index contributed by atoms with van der Waals surface area (Å²) in [5.74, 6) is 0.689. The molecule has 2 atom stereocenters. The smallest absolute Gasteiger partial charge is 0.129 e. The predicted octanol–water partition coefficient (Wildman–Crippen LogP) is 2.29. The highest BCUT2D eigenvalue weighted by Crippen LogP contribution is 2.24. The van der Waals surface area contributed by atoms with E-state index in [0.29, 0.717) is 17.1 Å². The number of piperidine rings is 1. The largest absolute Gasteiger partial charge is 0.329 e. The molecule has 94 valence electrons. The highest BCUT2D eigenvalue weighted by atomic mass is 35.5. The highest BCUT2D eigenvalue weighted by molar-refractivity contribution is 6.29. The molecule has 1 aliphatic heterocycles. The number of aromatic nitrogens is 1. The van der Waals surface area contributed by atoms with Crippen molar-refractivity contribution in [2.24, 2.45) is 11.7 Å². The summed E-state index contributed by atoms with van der Waals surface area (Å²) in [5.41, 5.74) is 7.09. The fraction of sp³-hybridized carbons (Fsp3) is 0.615. The first kappa shape index (κ1) is 12.8. The molecule has 2 N–H and O–H groups in total. The van der Waals surface area contributed by atoms with E-state index in [-0.39, 0.29) is 0 Å². The summed E-state index contributed by atoms with van der Waals surface area (Å²) in [6.45, 7) is 5.09. The number of halogens is 1. The molecule has 4 heteroatoms. The van der Waals surface area contributed by atoms with Crippen LogP contribution in [0.25, 0.3) is 0 Å². The maximum atomic E-state index is 5.88. The fourth-order valence-corrected chi connectivity index (χ4v) is 2.76. The molecule has 2 heterocycles. The van der Waals surface area contributed by atoms with Crippen molar-refractivity contribution in [2.75, 3.05) is 13.1 Å². The van der Waals surface area contributed by atoms with E-state index in [1.807, 2.05) is 18.3 Å². The monoisotopic (exact) mass is 253 g/mol. The van der Waals surface area contributed by atoms with Crippen LogP contribution in [0, 0.1) is 5.92 Å². The third-order valence-electron chi connectivity index (χ3n) is 3.65. The number of pyridine rings is 1. The van der Waals surface area contributed by atoms with Crippen LogP contribution >= 0.6 is 11.6 Å². The van der Waals surface area contributed by atoms with Gasteiger partial charge in [0.15, 0.2) is 0 Å². The van der Waals surface area contributed by atoms with E-state index in [9.17, 15) is 0 Å². The number of nitrogens with zero attached hydrogens (tertiary/aromatic N) is 2. The van der Waals surface area contributed by atoms with Crippen molar-refractivity contribution in [3.63, 3.8) is 0 Å². The van der Waals surface area contributed by atoms with Gasteiger partial charge in [0.2, 0.25) is 0 Å². The average Bonchev–Trinajstić information content (AvgIpc) is 2.32. The Bertz CT molecular complexity index is 352. The van der Waals surface area contributed by atoms with Gasteiger partial charge in [-0.25, -0.2) is 4.98 Å². The Kier molecular flexibility index (Phi) is 4.37. The molecule has 1 aromatic heterocycles. The van der Waals surface area contributed by atoms with Crippen LogP contribution in [-0.4, -0.2) is 29.0 Å². The van der Waals surface area contributed by atoms with E-state index in [1.54, 1.807) is 0 Å². The molecule has 0 bridgehead atoms. The van der Waals surface area contributed by atoms with E-state index in [0.717, 1.165) is 19.6 Å². The minimum Gasteiger partial charge on any atom is -0.329 e. The average molecular weight is 254 g/mol. The van der Waals surface area contributed by atoms with Gasteiger partial charge in [-0.2, -0.15) is 0 Å². The van der Waals surface area contributed by atoms with Crippen LogP contribution in [0.2, 0.25) is 5.15 Å². The summed E-state index contributed by atoms with van der Waals surface area (Å²) >= 11 is 5.79. The molecule has 3 nitrogen and oxygen atoms in total. The Hall–Kier alpha value is -0.640. The van der Waals surface area contributed by atoms with Crippen molar-refractivity contribution < 1.29 is 0 Å². The molecule has 0 amide bonds. The Balaban J connectivity index is 2.03. The van der Waals surface area contributed by atoms with Crippen molar-refractivity contribution in [2.45, 2.75) is 32.4 Å². The summed E-state index contributed by atoms with van der Waals surface area (Å²) < 4.78 is 0. The second-order valence-corrected chi connectivity index (χ2v) is 5.27. The molecule has 0 radical (unpaired) electrons. The number of rotatable bonds is 3. The van der Waals surface area contributed by atoms with Gasteiger partial charge >= 0.3 is 0 Å². The normalized spacial score (nSPS) is 26.1. The third kappa shape index (κ3) is 3.18. The second-order valence-electron chi connectivity index (χ2n) is 4.88. The first-order valence-corrected chi connectivity index (χ1v) is 6.63. The van der Waals surface area contributed by atoms with E-state index < -0.39 is 0 Å². The van der Waals surface area contributed by atoms with Crippen molar-refractivity contribution in [3.05, 3.63) is 29.0 Å². The minimum atomic E-state index is 0.499. The maximum Gasteiger partial charge on any atom is 0.129 e. The lowest BCUT2D eigenvalue weighted by atomic mass is 9.90. The van der Waals surface area contributed by atoms with Gasteiger partial charge in [-0.05, 0) is 36.9 Å². The van der Waals surface area contributed by atoms with Gasteiger partial charge in [0.1, 0.15) is 5.15 Å². The molecule has 0 aliphatic carbocycles. The van der Waals surface area contributed by atoms with Crippen molar-refractivity contribution in [1.82, 2.24) is 9.88 Å². The third-order valence-corrected chi connectivity index (χ3v) is 3.87. The summed E-state index contributed by atoms with van der Waals surface area (Å²) in [4.78, 5) is 6.59. The maximum absolute atomic E-state index is 5.88. The first-order chi connectivity index (χ1) is 8.20. The van der Waals surface area contributed by atoms with Gasteiger partial charge in [-0.1, -0.05) is 24.6 Å². The molecule has 1 aliphatic rings. The molecule has 1 fully saturated rings. The van der Waals surface area contributed by atoms with Crippen LogP contribution < -0.4 is 5.73 Å². The fourth-order valence-electron chi connectivity index (χ4n) is 2.65. The zero-order valence-electron chi connectivity index (χ0n) is 10.3. The molecule has 0 saturated carbocycles. The summed E-state index contributed by atoms with van der Waals surface area (Å²) in [7, 11) is 0. The first-order valence-electron chi connectivity index (χ1n) is 6.25. The topological polar surface area (TPSA) is 42.2 Å². The van der Waals surface area contributed by atoms with Crippen molar-refractivity contribution in [3.8, 4) is 0 Å². The van der Waals surface area contributed by atoms with Crippen LogP contribution in [0.5, 0.6) is 0 Å². The van der Waals surface area contributed by atoms with Gasteiger partial charge in [0, 0.05) is 25.3 Å². The standard InChI is InChI=1S/C13H20ClN3/c1-10-3-2-6-17(12(10)7-15)9-11-4-5-13(14)16-8-11/h4-5,8,10,12H,2-3,6-7,9,15H2,1H3. The van der Waals surface area contributed by atoms with Gasteiger partial charge < -0.3 is 5.73 Å². The Morgan fingerprint density at radius 1 is 1.53 bits per heavy atom. The highest BCUT2D eigenvalue weighted by Gasteiger charge is 2.27. The SMILES string of the molecule is CC1CCCN(Cc2ccc(Cl)nc2)C1CN. The van der Waals surface area contributed by atoms with Crippen molar-refractivity contribution in [1.29, 1.82) is 0 Å². The van der Waals surface area contributed by atoms with Gasteiger partial charge in [0.25, 0.3) is 0 Å². The van der Waals surface area contributed by atoms with E-state index in [4.69, 9.17) is 17.3 Å². The van der Waals surface area contributed by atoms with Crippen LogP contribution in [0.3, 0.4) is 0 Å². The van der Waals surface area contributed by atoms with Crippen LogP contribution in [0.15, 0.2) is 18.3 Å². The molecule has 2 rings (SSSR count). The minimum absolute atomic E-state index is 0.499. The van der Waals surface area contributed by atoms with Crippen LogP contribution in [0.1, 0.15) is 25.3 Å². The zero-order valence-corrected chi connectivity index (χ0v) is 11.0. The molecular weight excluding hydrogens is 234 g/mol. The molecule has 17 heavy (non-hydrogen) atoms. The van der Waals surface area contributed by atoms with Gasteiger partial charge in [-0.15, -0.1) is 0 Å². The molecule has 0 spiro atoms. The van der Waals surface area contributed by atoms with E-state index in [2.05, 4.69) is 16.8 Å². The molecular formula is C13H20ClN3. The van der Waals surface area contributed by atoms with Gasteiger partial charge in [-0.3, -0.25) is 4.90 Å². The zero-order chi connectivity index (χ0) is 12.3. The van der Waals surface area contributed by atoms with E-state index in [1.165, 1.54) is 18.4 Å². The molecule has 1 aromatic rings. The van der Waals surface area contributed by atoms with E-state index >= 15 is 0 Å².